The van der Waals surface area contributed by atoms with E-state index in [0.29, 0.717) is 6.54 Å². The molecule has 0 aliphatic rings. The molecule has 0 amide bonds. The van der Waals surface area contributed by atoms with Gasteiger partial charge in [0.2, 0.25) is 5.76 Å². The Morgan fingerprint density at radius 2 is 2.21 bits per heavy atom. The zero-order chi connectivity index (χ0) is 13.8. The van der Waals surface area contributed by atoms with Crippen molar-refractivity contribution in [2.24, 2.45) is 0 Å². The molecule has 0 unspecified atom stereocenters. The van der Waals surface area contributed by atoms with Crippen LogP contribution < -0.4 is 5.32 Å². The molecule has 0 fully saturated rings. The molecule has 0 saturated carbocycles. The lowest BCUT2D eigenvalue weighted by Gasteiger charge is -2.09. The lowest BCUT2D eigenvalue weighted by atomic mass is 10.2. The van der Waals surface area contributed by atoms with E-state index in [4.69, 9.17) is 4.42 Å². The Hall–Kier alpha value is -1.75. The minimum atomic E-state index is -0.467. The standard InChI is InChI=1S/C14H14BrNO3/c1-9-4-3-5-11(12(9)15)16-8-10-6-7-19-13(10)14(17)18-2/h3-7,16H,8H2,1-2H3. The average molecular weight is 324 g/mol. The number of esters is 1. The van der Waals surface area contributed by atoms with Crippen LogP contribution in [0.4, 0.5) is 5.69 Å². The lowest BCUT2D eigenvalue weighted by molar-refractivity contribution is 0.0563. The first-order valence-corrected chi connectivity index (χ1v) is 6.56. The van der Waals surface area contributed by atoms with E-state index in [2.05, 4.69) is 26.0 Å². The van der Waals surface area contributed by atoms with E-state index < -0.39 is 5.97 Å². The lowest BCUT2D eigenvalue weighted by Crippen LogP contribution is -2.07. The molecular formula is C14H14BrNO3. The smallest absolute Gasteiger partial charge is 0.374 e. The molecule has 1 N–H and O–H groups in total. The van der Waals surface area contributed by atoms with Crippen molar-refractivity contribution in [2.75, 3.05) is 12.4 Å². The van der Waals surface area contributed by atoms with Gasteiger partial charge in [0.15, 0.2) is 0 Å². The number of nitrogens with one attached hydrogen (secondary N) is 1. The first kappa shape index (κ1) is 13.7. The van der Waals surface area contributed by atoms with Crippen molar-refractivity contribution in [1.29, 1.82) is 0 Å². The molecule has 0 aliphatic carbocycles. The summed E-state index contributed by atoms with van der Waals surface area (Å²) in [6.45, 7) is 2.51. The van der Waals surface area contributed by atoms with E-state index in [1.165, 1.54) is 13.4 Å². The maximum Gasteiger partial charge on any atom is 0.374 e. The topological polar surface area (TPSA) is 51.5 Å². The van der Waals surface area contributed by atoms with Gasteiger partial charge in [0.1, 0.15) is 0 Å². The minimum absolute atomic E-state index is 0.235. The van der Waals surface area contributed by atoms with Gasteiger partial charge in [-0.1, -0.05) is 12.1 Å². The minimum Gasteiger partial charge on any atom is -0.463 e. The number of carbonyl (C=O) groups is 1. The Morgan fingerprint density at radius 1 is 1.42 bits per heavy atom. The maximum atomic E-state index is 11.5. The molecule has 0 spiro atoms. The molecule has 0 radical (unpaired) electrons. The van der Waals surface area contributed by atoms with E-state index in [0.717, 1.165) is 21.3 Å². The van der Waals surface area contributed by atoms with Gasteiger partial charge in [-0.25, -0.2) is 4.79 Å². The molecule has 5 heteroatoms. The van der Waals surface area contributed by atoms with Crippen LogP contribution in [0.5, 0.6) is 0 Å². The third-order valence-corrected chi connectivity index (χ3v) is 3.83. The summed E-state index contributed by atoms with van der Waals surface area (Å²) in [5, 5.41) is 3.26. The highest BCUT2D eigenvalue weighted by Crippen LogP contribution is 2.26. The van der Waals surface area contributed by atoms with Crippen molar-refractivity contribution in [3.63, 3.8) is 0 Å². The van der Waals surface area contributed by atoms with Crippen LogP contribution in [0.1, 0.15) is 21.7 Å². The summed E-state index contributed by atoms with van der Waals surface area (Å²) in [5.74, 6) is -0.233. The molecule has 100 valence electrons. The summed E-state index contributed by atoms with van der Waals surface area (Å²) < 4.78 is 10.8. The van der Waals surface area contributed by atoms with Gasteiger partial charge < -0.3 is 14.5 Å². The summed E-state index contributed by atoms with van der Waals surface area (Å²) in [4.78, 5) is 11.5. The monoisotopic (exact) mass is 323 g/mol. The maximum absolute atomic E-state index is 11.5. The van der Waals surface area contributed by atoms with E-state index in [9.17, 15) is 4.79 Å². The molecule has 4 nitrogen and oxygen atoms in total. The van der Waals surface area contributed by atoms with Crippen LogP contribution >= 0.6 is 15.9 Å². The summed E-state index contributed by atoms with van der Waals surface area (Å²) in [5.41, 5.74) is 2.88. The Bertz CT molecular complexity index is 592. The fourth-order valence-corrected chi connectivity index (χ4v) is 2.13. The van der Waals surface area contributed by atoms with Crippen LogP contribution in [-0.4, -0.2) is 13.1 Å². The van der Waals surface area contributed by atoms with Crippen molar-refractivity contribution < 1.29 is 13.9 Å². The largest absolute Gasteiger partial charge is 0.463 e. The molecule has 19 heavy (non-hydrogen) atoms. The van der Waals surface area contributed by atoms with Crippen LogP contribution in [0, 0.1) is 6.92 Å². The number of ether oxygens (including phenoxy) is 1. The third-order valence-electron chi connectivity index (χ3n) is 2.78. The van der Waals surface area contributed by atoms with Gasteiger partial charge in [-0.2, -0.15) is 0 Å². The zero-order valence-corrected chi connectivity index (χ0v) is 12.3. The first-order valence-electron chi connectivity index (χ1n) is 5.77. The van der Waals surface area contributed by atoms with Crippen LogP contribution in [0.2, 0.25) is 0 Å². The predicted octanol–water partition coefficient (Wildman–Crippen LogP) is 3.75. The summed E-state index contributed by atoms with van der Waals surface area (Å²) in [6, 6.07) is 7.71. The van der Waals surface area contributed by atoms with E-state index in [1.54, 1.807) is 6.07 Å². The molecule has 2 aromatic rings. The van der Waals surface area contributed by atoms with Crippen LogP contribution in [0.25, 0.3) is 0 Å². The Kier molecular flexibility index (Phi) is 4.27. The van der Waals surface area contributed by atoms with Crippen molar-refractivity contribution in [1.82, 2.24) is 0 Å². The molecule has 0 bridgehead atoms. The number of aryl methyl sites for hydroxylation is 1. The molecule has 0 aliphatic heterocycles. The van der Waals surface area contributed by atoms with Crippen molar-refractivity contribution in [3.8, 4) is 0 Å². The van der Waals surface area contributed by atoms with Crippen molar-refractivity contribution >= 4 is 27.6 Å². The van der Waals surface area contributed by atoms with Gasteiger partial charge >= 0.3 is 5.97 Å². The van der Waals surface area contributed by atoms with Crippen LogP contribution in [0.15, 0.2) is 39.4 Å². The average Bonchev–Trinajstić information content (AvgIpc) is 2.88. The van der Waals surface area contributed by atoms with Gasteiger partial charge in [-0.05, 0) is 40.5 Å². The van der Waals surface area contributed by atoms with E-state index in [-0.39, 0.29) is 5.76 Å². The van der Waals surface area contributed by atoms with Crippen LogP contribution in [0.3, 0.4) is 0 Å². The highest BCUT2D eigenvalue weighted by atomic mass is 79.9. The molecule has 1 aromatic heterocycles. The molecule has 2 rings (SSSR count). The highest BCUT2D eigenvalue weighted by molar-refractivity contribution is 9.10. The second-order valence-electron chi connectivity index (χ2n) is 4.06. The van der Waals surface area contributed by atoms with Crippen molar-refractivity contribution in [2.45, 2.75) is 13.5 Å². The number of halogens is 1. The summed E-state index contributed by atoms with van der Waals surface area (Å²) >= 11 is 3.53. The summed E-state index contributed by atoms with van der Waals surface area (Å²) in [6.07, 6.45) is 1.48. The fourth-order valence-electron chi connectivity index (χ4n) is 1.72. The number of hydrogen-bond acceptors (Lipinski definition) is 4. The van der Waals surface area contributed by atoms with Crippen molar-refractivity contribution in [3.05, 3.63) is 51.9 Å². The Balaban J connectivity index is 2.13. The Labute approximate surface area is 119 Å². The molecule has 1 aromatic carbocycles. The number of rotatable bonds is 4. The molecule has 0 atom stereocenters. The van der Waals surface area contributed by atoms with Gasteiger partial charge in [-0.3, -0.25) is 0 Å². The van der Waals surface area contributed by atoms with E-state index >= 15 is 0 Å². The second-order valence-corrected chi connectivity index (χ2v) is 4.85. The third kappa shape index (κ3) is 2.98. The fraction of sp³-hybridized carbons (Fsp3) is 0.214. The van der Waals surface area contributed by atoms with Gasteiger partial charge in [-0.15, -0.1) is 0 Å². The van der Waals surface area contributed by atoms with Gasteiger partial charge in [0.25, 0.3) is 0 Å². The van der Waals surface area contributed by atoms with Gasteiger partial charge in [0.05, 0.1) is 13.4 Å². The molecular weight excluding hydrogens is 310 g/mol. The highest BCUT2D eigenvalue weighted by Gasteiger charge is 2.15. The Morgan fingerprint density at radius 3 is 2.95 bits per heavy atom. The zero-order valence-electron chi connectivity index (χ0n) is 10.7. The number of methoxy groups -OCH3 is 1. The summed E-state index contributed by atoms with van der Waals surface area (Å²) in [7, 11) is 1.33. The second kappa shape index (κ2) is 5.93. The SMILES string of the molecule is COC(=O)c1occc1CNc1cccc(C)c1Br. The molecule has 1 heterocycles. The predicted molar refractivity (Wildman–Crippen MR) is 76.3 cm³/mol. The number of benzene rings is 1. The number of carbonyl (C=O) groups excluding carboxylic acids is 1. The normalized spacial score (nSPS) is 10.3. The van der Waals surface area contributed by atoms with Crippen LogP contribution in [-0.2, 0) is 11.3 Å². The van der Waals surface area contributed by atoms with E-state index in [1.807, 2.05) is 25.1 Å². The number of anilines is 1. The number of furan rings is 1. The number of hydrogen-bond donors (Lipinski definition) is 1. The first-order chi connectivity index (χ1) is 9.13. The quantitative estimate of drug-likeness (QED) is 0.870. The van der Waals surface area contributed by atoms with Gasteiger partial charge in [0, 0.05) is 22.3 Å². The molecule has 0 saturated heterocycles.